The molecule has 1 amide bonds. The van der Waals surface area contributed by atoms with E-state index in [4.69, 9.17) is 5.73 Å². The van der Waals surface area contributed by atoms with Crippen LogP contribution in [0.5, 0.6) is 0 Å². The summed E-state index contributed by atoms with van der Waals surface area (Å²) in [6.45, 7) is 8.14. The Labute approximate surface area is 118 Å². The van der Waals surface area contributed by atoms with Crippen LogP contribution in [0.15, 0.2) is 0 Å². The van der Waals surface area contributed by atoms with Gasteiger partial charge < -0.3 is 11.1 Å². The second kappa shape index (κ2) is 7.88. The highest BCUT2D eigenvalue weighted by molar-refractivity contribution is 5.73. The highest BCUT2D eigenvalue weighted by Crippen LogP contribution is 2.36. The zero-order valence-corrected chi connectivity index (χ0v) is 13.0. The van der Waals surface area contributed by atoms with Gasteiger partial charge in [0.2, 0.25) is 5.91 Å². The molecular weight excluding hydrogens is 236 g/mol. The van der Waals surface area contributed by atoms with Crippen molar-refractivity contribution in [3.63, 3.8) is 0 Å². The number of carbonyl (C=O) groups is 1. The molecule has 0 aromatic rings. The van der Waals surface area contributed by atoms with E-state index in [1.54, 1.807) is 0 Å². The molecule has 3 heteroatoms. The van der Waals surface area contributed by atoms with Gasteiger partial charge in [0.25, 0.3) is 0 Å². The summed E-state index contributed by atoms with van der Waals surface area (Å²) in [4.78, 5) is 10.6. The van der Waals surface area contributed by atoms with Crippen molar-refractivity contribution in [1.29, 1.82) is 0 Å². The van der Waals surface area contributed by atoms with Crippen LogP contribution in [0.1, 0.15) is 72.1 Å². The number of unbranched alkanes of at least 4 members (excludes halogenated alkanes) is 1. The molecule has 1 saturated carbocycles. The maximum Gasteiger partial charge on any atom is 0.217 e. The van der Waals surface area contributed by atoms with Crippen LogP contribution in [0, 0.1) is 11.3 Å². The van der Waals surface area contributed by atoms with Gasteiger partial charge in [0, 0.05) is 12.5 Å². The Balaban J connectivity index is 2.17. The first-order valence-electron chi connectivity index (χ1n) is 7.91. The summed E-state index contributed by atoms with van der Waals surface area (Å²) in [7, 11) is 0. The van der Waals surface area contributed by atoms with Crippen LogP contribution in [0.3, 0.4) is 0 Å². The number of hydrogen-bond donors (Lipinski definition) is 2. The topological polar surface area (TPSA) is 55.1 Å². The number of rotatable bonds is 6. The quantitative estimate of drug-likeness (QED) is 0.574. The fourth-order valence-electron chi connectivity index (χ4n) is 3.10. The van der Waals surface area contributed by atoms with Gasteiger partial charge in [-0.15, -0.1) is 0 Å². The number of carbonyl (C=O) groups excluding carboxylic acids is 1. The SMILES string of the molecule is CC(C)(C)C1CCCC(NCCCCC(N)=O)CC1. The molecule has 3 nitrogen and oxygen atoms in total. The van der Waals surface area contributed by atoms with E-state index in [0.29, 0.717) is 17.9 Å². The first kappa shape index (κ1) is 16.5. The van der Waals surface area contributed by atoms with Crippen LogP contribution in [-0.2, 0) is 4.79 Å². The fraction of sp³-hybridized carbons (Fsp3) is 0.938. The zero-order valence-electron chi connectivity index (χ0n) is 13.0. The van der Waals surface area contributed by atoms with Crippen molar-refractivity contribution in [2.75, 3.05) is 6.54 Å². The summed E-state index contributed by atoms with van der Waals surface area (Å²) in [5, 5.41) is 3.66. The van der Waals surface area contributed by atoms with Gasteiger partial charge in [-0.25, -0.2) is 0 Å². The number of amides is 1. The van der Waals surface area contributed by atoms with Crippen molar-refractivity contribution < 1.29 is 4.79 Å². The molecule has 0 radical (unpaired) electrons. The minimum absolute atomic E-state index is 0.178. The van der Waals surface area contributed by atoms with E-state index in [1.165, 1.54) is 32.1 Å². The summed E-state index contributed by atoms with van der Waals surface area (Å²) in [6, 6.07) is 0.681. The van der Waals surface area contributed by atoms with Crippen molar-refractivity contribution >= 4 is 5.91 Å². The second-order valence-corrected chi connectivity index (χ2v) is 7.15. The molecule has 1 aliphatic rings. The van der Waals surface area contributed by atoms with Crippen LogP contribution < -0.4 is 11.1 Å². The van der Waals surface area contributed by atoms with E-state index < -0.39 is 0 Å². The summed E-state index contributed by atoms with van der Waals surface area (Å²) >= 11 is 0. The predicted octanol–water partition coefficient (Wildman–Crippen LogP) is 3.23. The van der Waals surface area contributed by atoms with E-state index in [0.717, 1.165) is 25.3 Å². The molecule has 0 saturated heterocycles. The van der Waals surface area contributed by atoms with E-state index in [2.05, 4.69) is 26.1 Å². The third-order valence-electron chi connectivity index (χ3n) is 4.48. The van der Waals surface area contributed by atoms with Crippen LogP contribution in [0.25, 0.3) is 0 Å². The molecule has 0 bridgehead atoms. The normalized spacial score (nSPS) is 25.0. The highest BCUT2D eigenvalue weighted by atomic mass is 16.1. The number of nitrogens with two attached hydrogens (primary N) is 1. The molecule has 2 unspecified atom stereocenters. The van der Waals surface area contributed by atoms with Gasteiger partial charge in [-0.1, -0.05) is 27.2 Å². The molecule has 0 aromatic heterocycles. The third kappa shape index (κ3) is 6.95. The molecule has 0 heterocycles. The van der Waals surface area contributed by atoms with Gasteiger partial charge in [-0.3, -0.25) is 4.79 Å². The second-order valence-electron chi connectivity index (χ2n) is 7.15. The summed E-state index contributed by atoms with van der Waals surface area (Å²) in [5.74, 6) is 0.691. The maximum absolute atomic E-state index is 10.6. The van der Waals surface area contributed by atoms with Crippen LogP contribution >= 0.6 is 0 Å². The van der Waals surface area contributed by atoms with Gasteiger partial charge in [0.1, 0.15) is 0 Å². The fourth-order valence-corrected chi connectivity index (χ4v) is 3.10. The Morgan fingerprint density at radius 2 is 1.89 bits per heavy atom. The Bertz CT molecular complexity index is 270. The monoisotopic (exact) mass is 268 g/mol. The first-order chi connectivity index (χ1) is 8.89. The van der Waals surface area contributed by atoms with Gasteiger partial charge in [0.05, 0.1) is 0 Å². The number of hydrogen-bond acceptors (Lipinski definition) is 2. The molecule has 19 heavy (non-hydrogen) atoms. The molecule has 0 spiro atoms. The lowest BCUT2D eigenvalue weighted by Crippen LogP contribution is -2.30. The highest BCUT2D eigenvalue weighted by Gasteiger charge is 2.27. The molecule has 1 rings (SSSR count). The van der Waals surface area contributed by atoms with Crippen LogP contribution in [0.2, 0.25) is 0 Å². The minimum Gasteiger partial charge on any atom is -0.370 e. The van der Waals surface area contributed by atoms with Gasteiger partial charge in [-0.2, -0.15) is 0 Å². The first-order valence-corrected chi connectivity index (χ1v) is 7.91. The molecule has 2 atom stereocenters. The summed E-state index contributed by atoms with van der Waals surface area (Å²) in [6.07, 6.45) is 9.19. The molecule has 112 valence electrons. The van der Waals surface area contributed by atoms with Crippen molar-refractivity contribution in [2.24, 2.45) is 17.1 Å². The number of primary amides is 1. The molecule has 0 aliphatic heterocycles. The van der Waals surface area contributed by atoms with Gasteiger partial charge in [0.15, 0.2) is 0 Å². The molecule has 0 aromatic carbocycles. The zero-order chi connectivity index (χ0) is 14.3. The largest absolute Gasteiger partial charge is 0.370 e. The lowest BCUT2D eigenvalue weighted by Gasteiger charge is -2.29. The van der Waals surface area contributed by atoms with Gasteiger partial charge in [-0.05, 0) is 56.4 Å². The van der Waals surface area contributed by atoms with Crippen molar-refractivity contribution in [3.8, 4) is 0 Å². The smallest absolute Gasteiger partial charge is 0.217 e. The molecule has 3 N–H and O–H groups in total. The van der Waals surface area contributed by atoms with Crippen molar-refractivity contribution in [1.82, 2.24) is 5.32 Å². The summed E-state index contributed by atoms with van der Waals surface area (Å²) in [5.41, 5.74) is 5.59. The van der Waals surface area contributed by atoms with Gasteiger partial charge >= 0.3 is 0 Å². The third-order valence-corrected chi connectivity index (χ3v) is 4.48. The van der Waals surface area contributed by atoms with E-state index in [1.807, 2.05) is 0 Å². The van der Waals surface area contributed by atoms with E-state index in [9.17, 15) is 4.79 Å². The van der Waals surface area contributed by atoms with E-state index in [-0.39, 0.29) is 5.91 Å². The van der Waals surface area contributed by atoms with E-state index >= 15 is 0 Å². The lowest BCUT2D eigenvalue weighted by molar-refractivity contribution is -0.118. The maximum atomic E-state index is 10.6. The Morgan fingerprint density at radius 1 is 1.16 bits per heavy atom. The van der Waals surface area contributed by atoms with Crippen molar-refractivity contribution in [2.45, 2.75) is 78.2 Å². The Morgan fingerprint density at radius 3 is 2.53 bits per heavy atom. The Hall–Kier alpha value is -0.570. The molecule has 1 aliphatic carbocycles. The summed E-state index contributed by atoms with van der Waals surface area (Å²) < 4.78 is 0. The average molecular weight is 268 g/mol. The molecular formula is C16H32N2O. The predicted molar refractivity (Wildman–Crippen MR) is 80.9 cm³/mol. The number of nitrogens with one attached hydrogen (secondary N) is 1. The minimum atomic E-state index is -0.178. The standard InChI is InChI=1S/C16H32N2O/c1-16(2,3)13-7-6-8-14(11-10-13)18-12-5-4-9-15(17)19/h13-14,18H,4-12H2,1-3H3,(H2,17,19). The average Bonchev–Trinajstić information content (AvgIpc) is 2.53. The Kier molecular flexibility index (Phi) is 6.84. The lowest BCUT2D eigenvalue weighted by atomic mass is 9.76. The molecule has 1 fully saturated rings. The van der Waals surface area contributed by atoms with Crippen molar-refractivity contribution in [3.05, 3.63) is 0 Å². The van der Waals surface area contributed by atoms with Crippen LogP contribution in [-0.4, -0.2) is 18.5 Å². The van der Waals surface area contributed by atoms with Crippen LogP contribution in [0.4, 0.5) is 0 Å².